The standard InChI is InChI=1S/C11H18ClN3O3S/c1-4-5-8-10(19(12,17)18)9(15-14-8)11(16)13-6-7(2)3/h7H,4-6H2,1-3H3,(H,13,16)(H,14,15). The predicted octanol–water partition coefficient (Wildman–Crippen LogP) is 1.68. The number of aromatic amines is 1. The number of amides is 1. The molecule has 1 heterocycles. The molecule has 19 heavy (non-hydrogen) atoms. The van der Waals surface area contributed by atoms with Gasteiger partial charge in [-0.25, -0.2) is 8.42 Å². The molecule has 0 aromatic carbocycles. The van der Waals surface area contributed by atoms with Gasteiger partial charge in [0.15, 0.2) is 5.69 Å². The predicted molar refractivity (Wildman–Crippen MR) is 72.8 cm³/mol. The monoisotopic (exact) mass is 307 g/mol. The Kier molecular flexibility index (Phi) is 5.37. The highest BCUT2D eigenvalue weighted by Crippen LogP contribution is 2.23. The van der Waals surface area contributed by atoms with Gasteiger partial charge in [-0.2, -0.15) is 5.10 Å². The number of carbonyl (C=O) groups is 1. The van der Waals surface area contributed by atoms with E-state index in [9.17, 15) is 13.2 Å². The van der Waals surface area contributed by atoms with Crippen LogP contribution in [-0.2, 0) is 15.5 Å². The van der Waals surface area contributed by atoms with Crippen LogP contribution in [0.25, 0.3) is 0 Å². The number of nitrogens with zero attached hydrogens (tertiary/aromatic N) is 1. The molecule has 0 unspecified atom stereocenters. The van der Waals surface area contributed by atoms with E-state index in [1.54, 1.807) is 0 Å². The Labute approximate surface area is 117 Å². The SMILES string of the molecule is CCCc1[nH]nc(C(=O)NCC(C)C)c1S(=O)(=O)Cl. The molecule has 0 bridgehead atoms. The lowest BCUT2D eigenvalue weighted by Gasteiger charge is -2.06. The first-order valence-corrected chi connectivity index (χ1v) is 8.38. The smallest absolute Gasteiger partial charge is 0.273 e. The Morgan fingerprint density at radius 3 is 2.58 bits per heavy atom. The molecule has 8 heteroatoms. The van der Waals surface area contributed by atoms with Crippen LogP contribution in [0.5, 0.6) is 0 Å². The number of hydrogen-bond acceptors (Lipinski definition) is 4. The summed E-state index contributed by atoms with van der Waals surface area (Å²) in [6, 6.07) is 0. The molecule has 1 aromatic rings. The molecule has 1 aromatic heterocycles. The molecule has 0 aliphatic carbocycles. The third kappa shape index (κ3) is 4.21. The van der Waals surface area contributed by atoms with E-state index in [4.69, 9.17) is 10.7 Å². The summed E-state index contributed by atoms with van der Waals surface area (Å²) in [7, 11) is 1.38. The average molecular weight is 308 g/mol. The molecule has 2 N–H and O–H groups in total. The maximum atomic E-state index is 11.9. The molecule has 0 aliphatic heterocycles. The molecule has 6 nitrogen and oxygen atoms in total. The number of aryl methyl sites for hydroxylation is 1. The van der Waals surface area contributed by atoms with E-state index in [0.29, 0.717) is 25.1 Å². The number of halogens is 1. The molecule has 0 aliphatic rings. The van der Waals surface area contributed by atoms with Crippen LogP contribution in [0.3, 0.4) is 0 Å². The lowest BCUT2D eigenvalue weighted by atomic mass is 10.2. The highest BCUT2D eigenvalue weighted by Gasteiger charge is 2.27. The van der Waals surface area contributed by atoms with E-state index in [0.717, 1.165) is 0 Å². The van der Waals surface area contributed by atoms with Crippen molar-refractivity contribution in [1.82, 2.24) is 15.5 Å². The number of H-pyrrole nitrogens is 1. The van der Waals surface area contributed by atoms with Crippen molar-refractivity contribution in [3.63, 3.8) is 0 Å². The van der Waals surface area contributed by atoms with Crippen molar-refractivity contribution < 1.29 is 13.2 Å². The number of aromatic nitrogens is 2. The molecular formula is C11H18ClN3O3S. The lowest BCUT2D eigenvalue weighted by Crippen LogP contribution is -2.28. The van der Waals surface area contributed by atoms with Crippen LogP contribution >= 0.6 is 10.7 Å². The molecule has 0 atom stereocenters. The van der Waals surface area contributed by atoms with Gasteiger partial charge < -0.3 is 5.32 Å². The summed E-state index contributed by atoms with van der Waals surface area (Å²) in [5.41, 5.74) is 0.200. The Bertz CT molecular complexity index is 552. The summed E-state index contributed by atoms with van der Waals surface area (Å²) in [6.45, 7) is 6.21. The molecular weight excluding hydrogens is 290 g/mol. The van der Waals surface area contributed by atoms with Gasteiger partial charge in [0.2, 0.25) is 0 Å². The highest BCUT2D eigenvalue weighted by molar-refractivity contribution is 8.13. The second-order valence-electron chi connectivity index (χ2n) is 4.67. The van der Waals surface area contributed by atoms with Crippen LogP contribution in [0.4, 0.5) is 0 Å². The summed E-state index contributed by atoms with van der Waals surface area (Å²) in [4.78, 5) is 11.7. The van der Waals surface area contributed by atoms with Crippen molar-refractivity contribution in [3.05, 3.63) is 11.4 Å². The van der Waals surface area contributed by atoms with E-state index in [-0.39, 0.29) is 16.5 Å². The summed E-state index contributed by atoms with van der Waals surface area (Å²) in [6.07, 6.45) is 1.18. The lowest BCUT2D eigenvalue weighted by molar-refractivity contribution is 0.0940. The van der Waals surface area contributed by atoms with Crippen LogP contribution < -0.4 is 5.32 Å². The van der Waals surface area contributed by atoms with Gasteiger partial charge in [-0.05, 0) is 12.3 Å². The molecule has 108 valence electrons. The number of carbonyl (C=O) groups excluding carboxylic acids is 1. The van der Waals surface area contributed by atoms with Gasteiger partial charge in [-0.3, -0.25) is 9.89 Å². The fraction of sp³-hybridized carbons (Fsp3) is 0.636. The zero-order chi connectivity index (χ0) is 14.6. The van der Waals surface area contributed by atoms with Crippen molar-refractivity contribution in [2.75, 3.05) is 6.54 Å². The quantitative estimate of drug-likeness (QED) is 0.782. The van der Waals surface area contributed by atoms with Gasteiger partial charge >= 0.3 is 0 Å². The van der Waals surface area contributed by atoms with Gasteiger partial charge in [0.1, 0.15) is 4.90 Å². The van der Waals surface area contributed by atoms with Crippen molar-refractivity contribution in [1.29, 1.82) is 0 Å². The van der Waals surface area contributed by atoms with Crippen LogP contribution in [0.2, 0.25) is 0 Å². The topological polar surface area (TPSA) is 91.9 Å². The van der Waals surface area contributed by atoms with Gasteiger partial charge in [0, 0.05) is 17.2 Å². The maximum Gasteiger partial charge on any atom is 0.273 e. The third-order valence-corrected chi connectivity index (χ3v) is 3.81. The summed E-state index contributed by atoms with van der Waals surface area (Å²) in [5.74, 6) is -0.277. The van der Waals surface area contributed by atoms with Crippen LogP contribution in [-0.4, -0.2) is 31.1 Å². The van der Waals surface area contributed by atoms with E-state index < -0.39 is 15.0 Å². The van der Waals surface area contributed by atoms with Crippen LogP contribution in [0.1, 0.15) is 43.4 Å². The van der Waals surface area contributed by atoms with E-state index >= 15 is 0 Å². The molecule has 0 saturated heterocycles. The zero-order valence-electron chi connectivity index (χ0n) is 11.2. The van der Waals surface area contributed by atoms with Crippen molar-refractivity contribution in [2.45, 2.75) is 38.5 Å². The molecule has 0 radical (unpaired) electrons. The third-order valence-electron chi connectivity index (χ3n) is 2.42. The number of rotatable bonds is 6. The van der Waals surface area contributed by atoms with E-state index in [1.165, 1.54) is 0 Å². The van der Waals surface area contributed by atoms with Crippen LogP contribution in [0.15, 0.2) is 4.90 Å². The number of nitrogens with one attached hydrogen (secondary N) is 2. The summed E-state index contributed by atoms with van der Waals surface area (Å²) < 4.78 is 23.2. The van der Waals surface area contributed by atoms with Gasteiger partial charge in [-0.1, -0.05) is 27.2 Å². The number of hydrogen-bond donors (Lipinski definition) is 2. The maximum absolute atomic E-state index is 11.9. The second kappa shape index (κ2) is 6.38. The molecule has 1 amide bonds. The van der Waals surface area contributed by atoms with Gasteiger partial charge in [-0.15, -0.1) is 0 Å². The minimum absolute atomic E-state index is 0.167. The Morgan fingerprint density at radius 2 is 2.11 bits per heavy atom. The van der Waals surface area contributed by atoms with Gasteiger partial charge in [0.05, 0.1) is 5.69 Å². The Balaban J connectivity index is 3.11. The zero-order valence-corrected chi connectivity index (χ0v) is 12.7. The minimum atomic E-state index is -4.01. The van der Waals surface area contributed by atoms with Crippen molar-refractivity contribution >= 4 is 25.6 Å². The van der Waals surface area contributed by atoms with Crippen molar-refractivity contribution in [3.8, 4) is 0 Å². The first-order valence-electron chi connectivity index (χ1n) is 6.07. The molecule has 0 saturated carbocycles. The first-order chi connectivity index (χ1) is 8.77. The second-order valence-corrected chi connectivity index (χ2v) is 7.17. The molecule has 1 rings (SSSR count). The molecule has 0 fully saturated rings. The van der Waals surface area contributed by atoms with Crippen LogP contribution in [0, 0.1) is 5.92 Å². The normalized spacial score (nSPS) is 11.8. The fourth-order valence-corrected chi connectivity index (χ4v) is 2.89. The molecule has 0 spiro atoms. The van der Waals surface area contributed by atoms with Crippen molar-refractivity contribution in [2.24, 2.45) is 5.92 Å². The largest absolute Gasteiger partial charge is 0.350 e. The summed E-state index contributed by atoms with van der Waals surface area (Å²) >= 11 is 0. The summed E-state index contributed by atoms with van der Waals surface area (Å²) in [5, 5.41) is 8.98. The first kappa shape index (κ1) is 16.0. The van der Waals surface area contributed by atoms with E-state index in [1.807, 2.05) is 20.8 Å². The average Bonchev–Trinajstić information content (AvgIpc) is 2.70. The van der Waals surface area contributed by atoms with E-state index in [2.05, 4.69) is 15.5 Å². The minimum Gasteiger partial charge on any atom is -0.350 e. The fourth-order valence-electron chi connectivity index (χ4n) is 1.58. The Hall–Kier alpha value is -1.08. The van der Waals surface area contributed by atoms with Gasteiger partial charge in [0.25, 0.3) is 15.0 Å². The Morgan fingerprint density at radius 1 is 1.47 bits per heavy atom. The highest BCUT2D eigenvalue weighted by atomic mass is 35.7.